The molecule has 0 spiro atoms. The molecule has 3 aromatic rings. The lowest BCUT2D eigenvalue weighted by molar-refractivity contribution is -0.149. The van der Waals surface area contributed by atoms with Gasteiger partial charge in [0.25, 0.3) is 5.91 Å². The second-order valence-corrected chi connectivity index (χ2v) is 10.9. The molecule has 10 nitrogen and oxygen atoms in total. The van der Waals surface area contributed by atoms with Crippen molar-refractivity contribution in [2.24, 2.45) is 5.92 Å². The molecule has 2 aromatic carbocycles. The Bertz CT molecular complexity index is 1450. The Morgan fingerprint density at radius 3 is 2.43 bits per heavy atom. The molecule has 3 heterocycles. The molecule has 5 rings (SSSR count). The lowest BCUT2D eigenvalue weighted by Crippen LogP contribution is -2.36. The molecule has 0 aliphatic carbocycles. The summed E-state index contributed by atoms with van der Waals surface area (Å²) in [6, 6.07) is 13.3. The number of carbonyl (C=O) groups is 4. The summed E-state index contributed by atoms with van der Waals surface area (Å²) in [5.41, 5.74) is 1.23. The molecule has 13 heteroatoms. The monoisotopic (exact) mass is 559 g/mol. The van der Waals surface area contributed by atoms with Crippen LogP contribution in [0.2, 0.25) is 5.02 Å². The Balaban J connectivity index is 1.35. The van der Waals surface area contributed by atoms with Crippen LogP contribution in [0.1, 0.15) is 16.4 Å². The van der Waals surface area contributed by atoms with E-state index in [4.69, 9.17) is 21.4 Å². The average Bonchev–Trinajstić information content (AvgIpc) is 3.35. The number of nitrogens with one attached hydrogen (secondary N) is 2. The SMILES string of the molecule is O=C(O)CN1C(=O)C2Sc3[nH]c(=O)sc3[C@H](c3ccc(OCC(=O)Nc4ccc(Cl)cc4)cc3)C2C1=O. The minimum absolute atomic E-state index is 0.243. The molecule has 2 aliphatic heterocycles. The quantitative estimate of drug-likeness (QED) is 0.375. The van der Waals surface area contributed by atoms with Gasteiger partial charge in [0.15, 0.2) is 6.61 Å². The van der Waals surface area contributed by atoms with E-state index >= 15 is 0 Å². The maximum absolute atomic E-state index is 13.2. The fraction of sp³-hybridized carbons (Fsp3) is 0.208. The van der Waals surface area contributed by atoms with Gasteiger partial charge in [-0.15, -0.1) is 0 Å². The molecule has 0 saturated carbocycles. The number of fused-ring (bicyclic) bond motifs is 2. The van der Waals surface area contributed by atoms with E-state index in [9.17, 15) is 24.0 Å². The number of nitrogens with zero attached hydrogens (tertiary/aromatic N) is 1. The van der Waals surface area contributed by atoms with Crippen molar-refractivity contribution in [2.75, 3.05) is 18.5 Å². The van der Waals surface area contributed by atoms with Crippen LogP contribution in [0.5, 0.6) is 5.75 Å². The Hall–Kier alpha value is -3.61. The number of carboxylic acids is 1. The molecule has 3 atom stereocenters. The number of hydrogen-bond donors (Lipinski definition) is 3. The average molecular weight is 560 g/mol. The second-order valence-electron chi connectivity index (χ2n) is 8.32. The largest absolute Gasteiger partial charge is 0.484 e. The molecular weight excluding hydrogens is 542 g/mol. The normalized spacial score (nSPS) is 20.4. The second kappa shape index (κ2) is 10.0. The van der Waals surface area contributed by atoms with Crippen molar-refractivity contribution in [2.45, 2.75) is 16.2 Å². The third-order valence-corrected chi connectivity index (χ3v) is 8.60. The molecule has 2 unspecified atom stereocenters. The van der Waals surface area contributed by atoms with Gasteiger partial charge in [0.2, 0.25) is 11.8 Å². The number of H-pyrrole nitrogens is 1. The van der Waals surface area contributed by atoms with Crippen LogP contribution in [-0.4, -0.2) is 57.1 Å². The van der Waals surface area contributed by atoms with Crippen LogP contribution in [0.25, 0.3) is 0 Å². The van der Waals surface area contributed by atoms with Crippen molar-refractivity contribution in [3.8, 4) is 5.75 Å². The highest BCUT2D eigenvalue weighted by Crippen LogP contribution is 2.52. The van der Waals surface area contributed by atoms with E-state index in [1.165, 1.54) is 0 Å². The lowest BCUT2D eigenvalue weighted by atomic mass is 9.83. The van der Waals surface area contributed by atoms with Crippen LogP contribution in [0.15, 0.2) is 58.4 Å². The van der Waals surface area contributed by atoms with Gasteiger partial charge in [0.05, 0.1) is 10.9 Å². The van der Waals surface area contributed by atoms with Crippen LogP contribution in [0.4, 0.5) is 5.69 Å². The third-order valence-electron chi connectivity index (χ3n) is 5.95. The van der Waals surface area contributed by atoms with Gasteiger partial charge < -0.3 is 20.1 Å². The van der Waals surface area contributed by atoms with Gasteiger partial charge >= 0.3 is 10.8 Å². The van der Waals surface area contributed by atoms with Gasteiger partial charge in [-0.1, -0.05) is 46.8 Å². The van der Waals surface area contributed by atoms with Gasteiger partial charge in [-0.2, -0.15) is 0 Å². The number of thioether (sulfide) groups is 1. The van der Waals surface area contributed by atoms with Crippen molar-refractivity contribution in [3.63, 3.8) is 0 Å². The number of aromatic amines is 1. The van der Waals surface area contributed by atoms with E-state index in [-0.39, 0.29) is 17.4 Å². The summed E-state index contributed by atoms with van der Waals surface area (Å²) in [5, 5.41) is 12.1. The number of thiazole rings is 1. The van der Waals surface area contributed by atoms with Crippen LogP contribution in [0, 0.1) is 5.92 Å². The molecule has 3 amide bonds. The van der Waals surface area contributed by atoms with Crippen molar-refractivity contribution >= 4 is 64.1 Å². The summed E-state index contributed by atoms with van der Waals surface area (Å²) in [4.78, 5) is 65.4. The molecule has 1 aromatic heterocycles. The Morgan fingerprint density at radius 1 is 1.05 bits per heavy atom. The summed E-state index contributed by atoms with van der Waals surface area (Å²) >= 11 is 7.88. The minimum atomic E-state index is -1.29. The fourth-order valence-electron chi connectivity index (χ4n) is 4.38. The maximum atomic E-state index is 13.2. The summed E-state index contributed by atoms with van der Waals surface area (Å²) in [5.74, 6) is -3.89. The zero-order valence-corrected chi connectivity index (χ0v) is 21.2. The number of anilines is 1. The van der Waals surface area contributed by atoms with Gasteiger partial charge in [0, 0.05) is 21.5 Å². The topological polar surface area (TPSA) is 146 Å². The molecular formula is C24H18ClN3O7S2. The number of ether oxygens (including phenoxy) is 1. The van der Waals surface area contributed by atoms with E-state index < -0.39 is 41.4 Å². The van der Waals surface area contributed by atoms with E-state index in [0.717, 1.165) is 28.0 Å². The molecule has 0 radical (unpaired) electrons. The summed E-state index contributed by atoms with van der Waals surface area (Å²) < 4.78 is 5.57. The number of aliphatic carboxylic acids is 1. The number of aromatic nitrogens is 1. The highest BCUT2D eigenvalue weighted by Gasteiger charge is 2.56. The molecule has 1 fully saturated rings. The van der Waals surface area contributed by atoms with Crippen LogP contribution >= 0.6 is 34.7 Å². The number of carboxylic acid groups (broad SMARTS) is 1. The van der Waals surface area contributed by atoms with E-state index in [1.807, 2.05) is 0 Å². The maximum Gasteiger partial charge on any atom is 0.323 e. The molecule has 37 heavy (non-hydrogen) atoms. The predicted molar refractivity (Wildman–Crippen MR) is 136 cm³/mol. The third kappa shape index (κ3) is 4.99. The van der Waals surface area contributed by atoms with Crippen molar-refractivity contribution in [1.29, 1.82) is 0 Å². The van der Waals surface area contributed by atoms with Gasteiger partial charge in [-0.25, -0.2) is 0 Å². The van der Waals surface area contributed by atoms with Crippen molar-refractivity contribution in [3.05, 3.63) is 73.7 Å². The van der Waals surface area contributed by atoms with Gasteiger partial charge in [0.1, 0.15) is 17.5 Å². The standard InChI is InChI=1S/C24H18ClN3O7S2/c25-12-3-5-13(6-4-12)26-15(29)10-35-14-7-1-11(2-8-14)17-18-20(36-21-19(17)37-24(34)27-21)23(33)28(22(18)32)9-16(30)31/h1-8,17-18,20H,9-10H2,(H,26,29)(H,27,34)(H,30,31)/t17-,18?,20?/m1/s1. The van der Waals surface area contributed by atoms with Gasteiger partial charge in [-0.3, -0.25) is 28.9 Å². The number of rotatable bonds is 7. The molecule has 0 bridgehead atoms. The Labute approximate surface area is 222 Å². The van der Waals surface area contributed by atoms with E-state index in [1.54, 1.807) is 48.5 Å². The summed E-state index contributed by atoms with van der Waals surface area (Å²) in [7, 11) is 0. The first-order valence-electron chi connectivity index (χ1n) is 11.0. The molecule has 190 valence electrons. The zero-order valence-electron chi connectivity index (χ0n) is 18.8. The number of halogens is 1. The van der Waals surface area contributed by atoms with Crippen LogP contribution in [0.3, 0.4) is 0 Å². The lowest BCUT2D eigenvalue weighted by Gasteiger charge is -2.29. The van der Waals surface area contributed by atoms with E-state index in [2.05, 4.69) is 10.3 Å². The minimum Gasteiger partial charge on any atom is -0.484 e. The summed E-state index contributed by atoms with van der Waals surface area (Å²) in [6.45, 7) is -0.958. The first-order chi connectivity index (χ1) is 17.7. The van der Waals surface area contributed by atoms with Crippen molar-refractivity contribution < 1.29 is 29.0 Å². The molecule has 1 saturated heterocycles. The van der Waals surface area contributed by atoms with Gasteiger partial charge in [-0.05, 0) is 42.0 Å². The molecule has 3 N–H and O–H groups in total. The van der Waals surface area contributed by atoms with Crippen LogP contribution < -0.4 is 14.9 Å². The van der Waals surface area contributed by atoms with E-state index in [0.29, 0.717) is 31.9 Å². The van der Waals surface area contributed by atoms with Crippen molar-refractivity contribution in [1.82, 2.24) is 9.88 Å². The smallest absolute Gasteiger partial charge is 0.323 e. The Morgan fingerprint density at radius 2 is 1.76 bits per heavy atom. The highest BCUT2D eigenvalue weighted by molar-refractivity contribution is 8.00. The summed E-state index contributed by atoms with van der Waals surface area (Å²) in [6.07, 6.45) is 0. The Kier molecular flexibility index (Phi) is 6.80. The number of imide groups is 1. The number of amides is 3. The number of benzene rings is 2. The number of carbonyl (C=O) groups excluding carboxylic acids is 3. The highest BCUT2D eigenvalue weighted by atomic mass is 35.5. The molecule has 2 aliphatic rings. The van der Waals surface area contributed by atoms with Crippen LogP contribution in [-0.2, 0) is 19.2 Å². The number of hydrogen-bond acceptors (Lipinski definition) is 8. The fourth-order valence-corrected chi connectivity index (χ4v) is 7.04. The predicted octanol–water partition coefficient (Wildman–Crippen LogP) is 2.78. The zero-order chi connectivity index (χ0) is 26.3. The first-order valence-corrected chi connectivity index (χ1v) is 13.0. The number of likely N-dealkylation sites (tertiary alicyclic amines) is 1. The first kappa shape index (κ1) is 25.1.